The van der Waals surface area contributed by atoms with Crippen LogP contribution in [0.5, 0.6) is 0 Å². The van der Waals surface area contributed by atoms with Gasteiger partial charge in [-0.15, -0.1) is 0 Å². The summed E-state index contributed by atoms with van der Waals surface area (Å²) in [6, 6.07) is 13.1. The first-order chi connectivity index (χ1) is 13.4. The summed E-state index contributed by atoms with van der Waals surface area (Å²) in [7, 11) is -3.72. The first-order valence-electron chi connectivity index (χ1n) is 8.79. The van der Waals surface area contributed by atoms with Gasteiger partial charge in [-0.3, -0.25) is 20.4 Å². The van der Waals surface area contributed by atoms with E-state index in [0.717, 1.165) is 12.1 Å². The molecule has 1 aliphatic rings. The maximum atomic E-state index is 13.0. The minimum absolute atomic E-state index is 0.0203. The highest BCUT2D eigenvalue weighted by atomic mass is 32.2. The SMILES string of the molecule is O=C(NNC(=O)C1CCN(S(=O)(=O)c2ccc(F)cc2)CC1)c1ccccc1. The van der Waals surface area contributed by atoms with Crippen molar-refractivity contribution in [3.63, 3.8) is 0 Å². The summed E-state index contributed by atoms with van der Waals surface area (Å²) in [5.74, 6) is -1.70. The van der Waals surface area contributed by atoms with E-state index in [1.54, 1.807) is 30.3 Å². The Labute approximate surface area is 162 Å². The van der Waals surface area contributed by atoms with Crippen LogP contribution in [0.4, 0.5) is 4.39 Å². The summed E-state index contributed by atoms with van der Waals surface area (Å²) in [6.07, 6.45) is 0.654. The number of amides is 2. The van der Waals surface area contributed by atoms with Crippen molar-refractivity contribution in [2.24, 2.45) is 5.92 Å². The van der Waals surface area contributed by atoms with Crippen LogP contribution in [0.2, 0.25) is 0 Å². The molecule has 1 heterocycles. The number of nitrogens with one attached hydrogen (secondary N) is 2. The van der Waals surface area contributed by atoms with Gasteiger partial charge in [0.05, 0.1) is 4.90 Å². The number of carbonyl (C=O) groups is 2. The number of hydrogen-bond acceptors (Lipinski definition) is 4. The van der Waals surface area contributed by atoms with Crippen LogP contribution in [0.25, 0.3) is 0 Å². The molecule has 0 saturated carbocycles. The van der Waals surface area contributed by atoms with E-state index < -0.39 is 27.7 Å². The van der Waals surface area contributed by atoms with Gasteiger partial charge < -0.3 is 0 Å². The normalized spacial score (nSPS) is 15.8. The van der Waals surface area contributed by atoms with Gasteiger partial charge in [-0.2, -0.15) is 4.31 Å². The fourth-order valence-corrected chi connectivity index (χ4v) is 4.47. The van der Waals surface area contributed by atoms with Gasteiger partial charge in [0.1, 0.15) is 5.82 Å². The van der Waals surface area contributed by atoms with Gasteiger partial charge in [0.2, 0.25) is 15.9 Å². The maximum Gasteiger partial charge on any atom is 0.269 e. The fourth-order valence-electron chi connectivity index (χ4n) is 3.00. The topological polar surface area (TPSA) is 95.6 Å². The molecule has 0 aliphatic carbocycles. The van der Waals surface area contributed by atoms with Crippen LogP contribution >= 0.6 is 0 Å². The second kappa shape index (κ2) is 8.49. The number of rotatable bonds is 4. The molecule has 2 N–H and O–H groups in total. The Morgan fingerprint density at radius 2 is 1.54 bits per heavy atom. The van der Waals surface area contributed by atoms with E-state index in [0.29, 0.717) is 18.4 Å². The number of sulfonamides is 1. The van der Waals surface area contributed by atoms with Gasteiger partial charge >= 0.3 is 0 Å². The van der Waals surface area contributed by atoms with Crippen molar-refractivity contribution >= 4 is 21.8 Å². The van der Waals surface area contributed by atoms with Crippen LogP contribution in [0, 0.1) is 11.7 Å². The average Bonchev–Trinajstić information content (AvgIpc) is 2.73. The molecule has 0 radical (unpaired) electrons. The van der Waals surface area contributed by atoms with E-state index in [2.05, 4.69) is 10.9 Å². The number of benzene rings is 2. The van der Waals surface area contributed by atoms with Crippen LogP contribution in [-0.2, 0) is 14.8 Å². The van der Waals surface area contributed by atoms with Crippen LogP contribution in [-0.4, -0.2) is 37.6 Å². The molecule has 0 spiro atoms. The monoisotopic (exact) mass is 405 g/mol. The molecule has 1 fully saturated rings. The summed E-state index contributed by atoms with van der Waals surface area (Å²) < 4.78 is 39.5. The molecule has 7 nitrogen and oxygen atoms in total. The maximum absolute atomic E-state index is 13.0. The zero-order valence-corrected chi connectivity index (χ0v) is 15.8. The molecule has 2 amide bonds. The zero-order chi connectivity index (χ0) is 20.1. The summed E-state index contributed by atoms with van der Waals surface area (Å²) in [5, 5.41) is 0. The summed E-state index contributed by atoms with van der Waals surface area (Å²) in [6.45, 7) is 0.342. The smallest absolute Gasteiger partial charge is 0.269 e. The lowest BCUT2D eigenvalue weighted by molar-refractivity contribution is -0.126. The van der Waals surface area contributed by atoms with Crippen molar-refractivity contribution in [1.82, 2.24) is 15.2 Å². The molecule has 1 saturated heterocycles. The molecule has 28 heavy (non-hydrogen) atoms. The van der Waals surface area contributed by atoms with Crippen molar-refractivity contribution < 1.29 is 22.4 Å². The second-order valence-electron chi connectivity index (χ2n) is 6.44. The average molecular weight is 405 g/mol. The van der Waals surface area contributed by atoms with E-state index >= 15 is 0 Å². The lowest BCUT2D eigenvalue weighted by Gasteiger charge is -2.30. The van der Waals surface area contributed by atoms with E-state index in [-0.39, 0.29) is 23.9 Å². The standard InChI is InChI=1S/C19H20FN3O4S/c20-16-6-8-17(9-7-16)28(26,27)23-12-10-15(11-13-23)19(25)22-21-18(24)14-4-2-1-3-5-14/h1-9,15H,10-13H2,(H,21,24)(H,22,25). The third-order valence-electron chi connectivity index (χ3n) is 4.61. The highest BCUT2D eigenvalue weighted by Crippen LogP contribution is 2.24. The van der Waals surface area contributed by atoms with Crippen molar-refractivity contribution in [2.45, 2.75) is 17.7 Å². The Morgan fingerprint density at radius 1 is 0.929 bits per heavy atom. The van der Waals surface area contributed by atoms with Crippen molar-refractivity contribution in [1.29, 1.82) is 0 Å². The zero-order valence-electron chi connectivity index (χ0n) is 15.0. The van der Waals surface area contributed by atoms with Crippen LogP contribution in [0.1, 0.15) is 23.2 Å². The molecule has 0 atom stereocenters. The summed E-state index contributed by atoms with van der Waals surface area (Å²) >= 11 is 0. The van der Waals surface area contributed by atoms with E-state index in [4.69, 9.17) is 0 Å². The molecule has 1 aliphatic heterocycles. The van der Waals surface area contributed by atoms with E-state index in [1.165, 1.54) is 16.4 Å². The molecule has 0 bridgehead atoms. The Balaban J connectivity index is 1.52. The molecular formula is C19H20FN3O4S. The quantitative estimate of drug-likeness (QED) is 0.757. The van der Waals surface area contributed by atoms with Crippen molar-refractivity contribution in [3.8, 4) is 0 Å². The van der Waals surface area contributed by atoms with Gasteiger partial charge in [0.15, 0.2) is 0 Å². The van der Waals surface area contributed by atoms with Crippen LogP contribution in [0.15, 0.2) is 59.5 Å². The van der Waals surface area contributed by atoms with Gasteiger partial charge in [0, 0.05) is 24.6 Å². The summed E-state index contributed by atoms with van der Waals surface area (Å²) in [4.78, 5) is 24.2. The summed E-state index contributed by atoms with van der Waals surface area (Å²) in [5.41, 5.74) is 5.18. The number of carbonyl (C=O) groups excluding carboxylic acids is 2. The number of hydrazine groups is 1. The number of nitrogens with zero attached hydrogens (tertiary/aromatic N) is 1. The Kier molecular flexibility index (Phi) is 6.05. The predicted octanol–water partition coefficient (Wildman–Crippen LogP) is 1.69. The highest BCUT2D eigenvalue weighted by Gasteiger charge is 2.32. The van der Waals surface area contributed by atoms with Gasteiger partial charge in [0.25, 0.3) is 5.91 Å². The number of halogens is 1. The molecular weight excluding hydrogens is 385 g/mol. The minimum atomic E-state index is -3.72. The first kappa shape index (κ1) is 20.0. The number of piperidine rings is 1. The minimum Gasteiger partial charge on any atom is -0.273 e. The van der Waals surface area contributed by atoms with Gasteiger partial charge in [-0.05, 0) is 49.2 Å². The third-order valence-corrected chi connectivity index (χ3v) is 6.52. The lowest BCUT2D eigenvalue weighted by atomic mass is 9.98. The van der Waals surface area contributed by atoms with Gasteiger partial charge in [-0.1, -0.05) is 18.2 Å². The molecule has 0 unspecified atom stereocenters. The molecule has 2 aromatic rings. The molecule has 9 heteroatoms. The molecule has 148 valence electrons. The Bertz CT molecular complexity index is 941. The van der Waals surface area contributed by atoms with Crippen molar-refractivity contribution in [3.05, 3.63) is 66.0 Å². The van der Waals surface area contributed by atoms with E-state index in [1.807, 2.05) is 0 Å². The largest absolute Gasteiger partial charge is 0.273 e. The van der Waals surface area contributed by atoms with Gasteiger partial charge in [-0.25, -0.2) is 12.8 Å². The molecule has 2 aromatic carbocycles. The first-order valence-corrected chi connectivity index (χ1v) is 10.2. The second-order valence-corrected chi connectivity index (χ2v) is 8.38. The Morgan fingerprint density at radius 3 is 2.14 bits per heavy atom. The number of hydrogen-bond donors (Lipinski definition) is 2. The molecule has 3 rings (SSSR count). The third kappa shape index (κ3) is 4.55. The van der Waals surface area contributed by atoms with E-state index in [9.17, 15) is 22.4 Å². The fraction of sp³-hybridized carbons (Fsp3) is 0.263. The van der Waals surface area contributed by atoms with Crippen LogP contribution in [0.3, 0.4) is 0 Å². The van der Waals surface area contributed by atoms with Crippen LogP contribution < -0.4 is 10.9 Å². The van der Waals surface area contributed by atoms with Crippen molar-refractivity contribution in [2.75, 3.05) is 13.1 Å². The Hall–Kier alpha value is -2.78. The lowest BCUT2D eigenvalue weighted by Crippen LogP contribution is -2.48. The predicted molar refractivity (Wildman–Crippen MR) is 99.9 cm³/mol. The highest BCUT2D eigenvalue weighted by molar-refractivity contribution is 7.89. The molecule has 0 aromatic heterocycles.